The fourth-order valence-electron chi connectivity index (χ4n) is 4.31. The lowest BCUT2D eigenvalue weighted by molar-refractivity contribution is 0.779. The minimum Gasteiger partial charge on any atom is -0.388 e. The molecule has 0 unspecified atom stereocenters. The summed E-state index contributed by atoms with van der Waals surface area (Å²) < 4.78 is 0. The molecule has 0 fully saturated rings. The van der Waals surface area contributed by atoms with Crippen LogP contribution in [0.15, 0.2) is 59.8 Å². The smallest absolute Gasteiger partial charge is 0.0491 e. The van der Waals surface area contributed by atoms with Gasteiger partial charge in [0.2, 0.25) is 0 Å². The van der Waals surface area contributed by atoms with Crippen LogP contribution >= 0.6 is 0 Å². The van der Waals surface area contributed by atoms with Crippen LogP contribution in [0.3, 0.4) is 0 Å². The molecule has 1 aromatic heterocycles. The molecule has 2 N–H and O–H groups in total. The Bertz CT molecular complexity index is 1230. The van der Waals surface area contributed by atoms with Crippen molar-refractivity contribution in [1.29, 1.82) is 0 Å². The fraction of sp³-hybridized carbons (Fsp3) is 0.333. The Morgan fingerprint density at radius 3 is 2.25 bits per heavy atom. The van der Waals surface area contributed by atoms with Crippen molar-refractivity contribution in [3.8, 4) is 0 Å². The minimum atomic E-state index is 0.900. The minimum absolute atomic E-state index is 0.900. The summed E-state index contributed by atoms with van der Waals surface area (Å²) in [7, 11) is 0. The number of aryl methyl sites for hydroxylation is 5. The van der Waals surface area contributed by atoms with Gasteiger partial charge in [0.1, 0.15) is 0 Å². The normalized spacial score (nSPS) is 12.8. The van der Waals surface area contributed by atoms with E-state index in [1.165, 1.54) is 66.8 Å². The van der Waals surface area contributed by atoms with E-state index in [4.69, 9.17) is 0 Å². The third-order valence-corrected chi connectivity index (χ3v) is 6.85. The van der Waals surface area contributed by atoms with Gasteiger partial charge in [-0.2, -0.15) is 0 Å². The molecule has 0 aliphatic heterocycles. The first-order chi connectivity index (χ1) is 15.1. The van der Waals surface area contributed by atoms with E-state index < -0.39 is 0 Å². The number of aromatic amines is 1. The van der Waals surface area contributed by atoms with Crippen molar-refractivity contribution in [2.75, 3.05) is 6.54 Å². The van der Waals surface area contributed by atoms with Crippen molar-refractivity contribution < 1.29 is 0 Å². The maximum absolute atomic E-state index is 4.34. The van der Waals surface area contributed by atoms with Gasteiger partial charge in [0.05, 0.1) is 0 Å². The Hall–Kier alpha value is -3.00. The number of hydrogen-bond acceptors (Lipinski definition) is 1. The molecule has 0 spiro atoms. The molecule has 0 aliphatic carbocycles. The van der Waals surface area contributed by atoms with Gasteiger partial charge in [-0.15, -0.1) is 0 Å². The molecule has 32 heavy (non-hydrogen) atoms. The first kappa shape index (κ1) is 23.7. The predicted molar refractivity (Wildman–Crippen MR) is 141 cm³/mol. The molecular formula is C30H38N2. The molecule has 0 aliphatic rings. The SMILES string of the molecule is C=C(/C=C(\C)c1ccc(C)c(C)c1)/C(C)=C(\C)NCCc1c(C)[nH]c2c(C)ccc(C)c12. The van der Waals surface area contributed by atoms with Gasteiger partial charge in [0, 0.05) is 28.8 Å². The van der Waals surface area contributed by atoms with Gasteiger partial charge < -0.3 is 10.3 Å². The number of fused-ring (bicyclic) bond motifs is 1. The van der Waals surface area contributed by atoms with Crippen LogP contribution in [-0.4, -0.2) is 11.5 Å². The van der Waals surface area contributed by atoms with Crippen molar-refractivity contribution in [1.82, 2.24) is 10.3 Å². The zero-order chi connectivity index (χ0) is 23.6. The third-order valence-electron chi connectivity index (χ3n) is 6.85. The highest BCUT2D eigenvalue weighted by Gasteiger charge is 2.12. The first-order valence-corrected chi connectivity index (χ1v) is 11.5. The molecule has 0 radical (unpaired) electrons. The number of hydrogen-bond donors (Lipinski definition) is 2. The fourth-order valence-corrected chi connectivity index (χ4v) is 4.31. The van der Waals surface area contributed by atoms with Crippen LogP contribution in [0.25, 0.3) is 16.5 Å². The van der Waals surface area contributed by atoms with Crippen LogP contribution in [0.4, 0.5) is 0 Å². The summed E-state index contributed by atoms with van der Waals surface area (Å²) in [5, 5.41) is 5.02. The van der Waals surface area contributed by atoms with E-state index in [0.29, 0.717) is 0 Å². The molecule has 2 heteroatoms. The van der Waals surface area contributed by atoms with Crippen molar-refractivity contribution in [3.05, 3.63) is 98.9 Å². The highest BCUT2D eigenvalue weighted by Crippen LogP contribution is 2.28. The van der Waals surface area contributed by atoms with Crippen LogP contribution in [0.1, 0.15) is 59.8 Å². The molecule has 0 saturated heterocycles. The summed E-state index contributed by atoms with van der Waals surface area (Å²) in [6.45, 7) is 22.6. The third kappa shape index (κ3) is 4.91. The Morgan fingerprint density at radius 1 is 0.906 bits per heavy atom. The Kier molecular flexibility index (Phi) is 7.13. The number of nitrogens with one attached hydrogen (secondary N) is 2. The van der Waals surface area contributed by atoms with E-state index in [0.717, 1.165) is 18.5 Å². The van der Waals surface area contributed by atoms with Gasteiger partial charge in [-0.05, 0) is 112 Å². The molecule has 0 amide bonds. The lowest BCUT2D eigenvalue weighted by atomic mass is 9.98. The molecule has 2 aromatic carbocycles. The maximum atomic E-state index is 4.34. The van der Waals surface area contributed by atoms with Crippen LogP contribution in [0.5, 0.6) is 0 Å². The van der Waals surface area contributed by atoms with Crippen LogP contribution < -0.4 is 5.32 Å². The predicted octanol–water partition coefficient (Wildman–Crippen LogP) is 7.80. The van der Waals surface area contributed by atoms with Crippen molar-refractivity contribution >= 4 is 16.5 Å². The summed E-state index contributed by atoms with van der Waals surface area (Å²) in [5.74, 6) is 0. The van der Waals surface area contributed by atoms with E-state index in [2.05, 4.69) is 109 Å². The lowest BCUT2D eigenvalue weighted by Gasteiger charge is -2.13. The van der Waals surface area contributed by atoms with Crippen molar-refractivity contribution in [2.24, 2.45) is 0 Å². The Morgan fingerprint density at radius 2 is 1.56 bits per heavy atom. The summed E-state index contributed by atoms with van der Waals surface area (Å²) in [6.07, 6.45) is 3.19. The Balaban J connectivity index is 1.71. The number of rotatable bonds is 7. The average Bonchev–Trinajstić information content (AvgIpc) is 3.09. The molecule has 0 saturated carbocycles. The topological polar surface area (TPSA) is 27.8 Å². The highest BCUT2D eigenvalue weighted by molar-refractivity contribution is 5.90. The van der Waals surface area contributed by atoms with Gasteiger partial charge >= 0.3 is 0 Å². The molecule has 1 heterocycles. The number of benzene rings is 2. The molecule has 0 atom stereocenters. The summed E-state index contributed by atoms with van der Waals surface area (Å²) >= 11 is 0. The largest absolute Gasteiger partial charge is 0.388 e. The lowest BCUT2D eigenvalue weighted by Crippen LogP contribution is -2.16. The second-order valence-corrected chi connectivity index (χ2v) is 9.26. The molecule has 3 rings (SSSR count). The number of allylic oxidation sites excluding steroid dienone is 5. The molecule has 0 bridgehead atoms. The summed E-state index contributed by atoms with van der Waals surface area (Å²) in [4.78, 5) is 3.60. The first-order valence-electron chi connectivity index (χ1n) is 11.5. The zero-order valence-electron chi connectivity index (χ0n) is 21.1. The van der Waals surface area contributed by atoms with E-state index in [9.17, 15) is 0 Å². The average molecular weight is 427 g/mol. The van der Waals surface area contributed by atoms with E-state index in [-0.39, 0.29) is 0 Å². The zero-order valence-corrected chi connectivity index (χ0v) is 21.1. The standard InChI is InChI=1S/C30H38N2/c1-18-12-13-27(17-21(18)4)23(6)16-22(5)24(7)25(8)31-15-14-28-26(9)32-30-20(3)11-10-19(2)29(28)30/h10-13,16-17,31-32H,5,14-15H2,1-4,6-9H3/b23-16+,25-24+. The van der Waals surface area contributed by atoms with Crippen molar-refractivity contribution in [2.45, 2.75) is 61.8 Å². The van der Waals surface area contributed by atoms with E-state index in [1.54, 1.807) is 0 Å². The monoisotopic (exact) mass is 426 g/mol. The van der Waals surface area contributed by atoms with E-state index in [1.807, 2.05) is 0 Å². The van der Waals surface area contributed by atoms with Gasteiger partial charge in [-0.25, -0.2) is 0 Å². The molecular weight excluding hydrogens is 388 g/mol. The maximum Gasteiger partial charge on any atom is 0.0491 e. The summed E-state index contributed by atoms with van der Waals surface area (Å²) in [6, 6.07) is 11.1. The molecule has 168 valence electrons. The molecule has 3 aromatic rings. The van der Waals surface area contributed by atoms with Crippen LogP contribution in [0.2, 0.25) is 0 Å². The van der Waals surface area contributed by atoms with Gasteiger partial charge in [-0.3, -0.25) is 0 Å². The summed E-state index contributed by atoms with van der Waals surface area (Å²) in [5.41, 5.74) is 15.2. The number of aromatic nitrogens is 1. The van der Waals surface area contributed by atoms with Crippen molar-refractivity contribution in [3.63, 3.8) is 0 Å². The second-order valence-electron chi connectivity index (χ2n) is 9.26. The highest BCUT2D eigenvalue weighted by atomic mass is 14.9. The number of H-pyrrole nitrogens is 1. The van der Waals surface area contributed by atoms with Crippen LogP contribution in [0, 0.1) is 34.6 Å². The second kappa shape index (κ2) is 9.65. The van der Waals surface area contributed by atoms with Gasteiger partial charge in [0.25, 0.3) is 0 Å². The van der Waals surface area contributed by atoms with Gasteiger partial charge in [0.15, 0.2) is 0 Å². The van der Waals surface area contributed by atoms with Crippen LogP contribution in [-0.2, 0) is 6.42 Å². The quantitative estimate of drug-likeness (QED) is 0.371. The Labute approximate surface area is 194 Å². The molecule has 2 nitrogen and oxygen atoms in total. The van der Waals surface area contributed by atoms with Gasteiger partial charge in [-0.1, -0.05) is 43.0 Å². The van der Waals surface area contributed by atoms with E-state index >= 15 is 0 Å².